The molecular weight excluding hydrogens is 362 g/mol. The van der Waals surface area contributed by atoms with Gasteiger partial charge in [0.1, 0.15) is 17.5 Å². The van der Waals surface area contributed by atoms with Crippen LogP contribution in [0.3, 0.4) is 0 Å². The van der Waals surface area contributed by atoms with E-state index in [4.69, 9.17) is 0 Å². The fourth-order valence-corrected chi connectivity index (χ4v) is 3.40. The number of halogens is 4. The van der Waals surface area contributed by atoms with Crippen LogP contribution in [0.2, 0.25) is 0 Å². The standard InChI is InChI=1S/C15H11F4N3O2S/c16-11-6-4-10(5-7-11)14(15(17,18)19)21-25(23,24)13-9-22-8-2-1-3-12(22)20-13/h1-9,14,21H. The molecule has 0 aliphatic rings. The lowest BCUT2D eigenvalue weighted by molar-refractivity contribution is -0.153. The van der Waals surface area contributed by atoms with Crippen molar-refractivity contribution in [1.29, 1.82) is 0 Å². The van der Waals surface area contributed by atoms with Gasteiger partial charge in [-0.2, -0.15) is 17.9 Å². The van der Waals surface area contributed by atoms with Crippen LogP contribution in [0.15, 0.2) is 59.9 Å². The van der Waals surface area contributed by atoms with Crippen molar-refractivity contribution in [1.82, 2.24) is 14.1 Å². The summed E-state index contributed by atoms with van der Waals surface area (Å²) in [5, 5.41) is -0.546. The van der Waals surface area contributed by atoms with Crippen molar-refractivity contribution in [2.45, 2.75) is 17.2 Å². The highest BCUT2D eigenvalue weighted by Crippen LogP contribution is 2.34. The Bertz CT molecular complexity index is 965. The van der Waals surface area contributed by atoms with Crippen molar-refractivity contribution in [3.63, 3.8) is 0 Å². The van der Waals surface area contributed by atoms with Crippen LogP contribution in [-0.4, -0.2) is 24.0 Å². The zero-order valence-corrected chi connectivity index (χ0v) is 13.2. The number of aromatic nitrogens is 2. The Balaban J connectivity index is 1.99. The lowest BCUT2D eigenvalue weighted by Crippen LogP contribution is -2.38. The molecule has 0 aliphatic carbocycles. The Morgan fingerprint density at radius 3 is 2.36 bits per heavy atom. The molecule has 0 saturated carbocycles. The number of nitrogens with one attached hydrogen (secondary N) is 1. The molecule has 0 aliphatic heterocycles. The summed E-state index contributed by atoms with van der Waals surface area (Å²) in [6, 6.07) is 5.63. The van der Waals surface area contributed by atoms with E-state index >= 15 is 0 Å². The fraction of sp³-hybridized carbons (Fsp3) is 0.133. The molecule has 5 nitrogen and oxygen atoms in total. The predicted octanol–water partition coefficient (Wildman–Crippen LogP) is 3.06. The Kier molecular flexibility index (Phi) is 4.25. The van der Waals surface area contributed by atoms with Crippen molar-refractivity contribution in [3.05, 3.63) is 66.2 Å². The highest BCUT2D eigenvalue weighted by Gasteiger charge is 2.43. The van der Waals surface area contributed by atoms with Crippen LogP contribution in [0.4, 0.5) is 17.6 Å². The molecule has 1 atom stereocenters. The van der Waals surface area contributed by atoms with Crippen LogP contribution in [0.5, 0.6) is 0 Å². The van der Waals surface area contributed by atoms with Gasteiger partial charge in [0.15, 0.2) is 5.03 Å². The highest BCUT2D eigenvalue weighted by molar-refractivity contribution is 7.89. The third-order valence-corrected chi connectivity index (χ3v) is 4.71. The van der Waals surface area contributed by atoms with Crippen molar-refractivity contribution in [2.75, 3.05) is 0 Å². The van der Waals surface area contributed by atoms with Gasteiger partial charge in [-0.1, -0.05) is 18.2 Å². The maximum absolute atomic E-state index is 13.3. The topological polar surface area (TPSA) is 63.5 Å². The van der Waals surface area contributed by atoms with Crippen LogP contribution in [0.1, 0.15) is 11.6 Å². The molecule has 1 unspecified atom stereocenters. The second-order valence-electron chi connectivity index (χ2n) is 5.19. The van der Waals surface area contributed by atoms with Crippen LogP contribution < -0.4 is 4.72 Å². The molecule has 0 bridgehead atoms. The summed E-state index contributed by atoms with van der Waals surface area (Å²) in [4.78, 5) is 3.81. The van der Waals surface area contributed by atoms with Gasteiger partial charge in [0.05, 0.1) is 0 Å². The summed E-state index contributed by atoms with van der Waals surface area (Å²) in [6.07, 6.45) is -2.29. The molecule has 25 heavy (non-hydrogen) atoms. The van der Waals surface area contributed by atoms with E-state index in [0.29, 0.717) is 0 Å². The summed E-state index contributed by atoms with van der Waals surface area (Å²) in [7, 11) is -4.56. The largest absolute Gasteiger partial charge is 0.408 e. The Labute approximate surface area is 140 Å². The van der Waals surface area contributed by atoms with Gasteiger partial charge in [0.25, 0.3) is 10.0 Å². The minimum Gasteiger partial charge on any atom is -0.306 e. The maximum Gasteiger partial charge on any atom is 0.408 e. The van der Waals surface area contributed by atoms with Crippen molar-refractivity contribution < 1.29 is 26.0 Å². The number of benzene rings is 1. The SMILES string of the molecule is O=S(=O)(NC(c1ccc(F)cc1)C(F)(F)F)c1cn2ccccc2n1. The molecule has 0 saturated heterocycles. The van der Waals surface area contributed by atoms with E-state index in [0.717, 1.165) is 30.5 Å². The van der Waals surface area contributed by atoms with E-state index in [1.54, 1.807) is 16.9 Å². The van der Waals surface area contributed by atoms with E-state index in [1.165, 1.54) is 16.7 Å². The van der Waals surface area contributed by atoms with E-state index in [2.05, 4.69) is 4.98 Å². The molecule has 0 spiro atoms. The number of nitrogens with zero attached hydrogens (tertiary/aromatic N) is 2. The number of alkyl halides is 3. The first-order valence-electron chi connectivity index (χ1n) is 6.95. The summed E-state index contributed by atoms with van der Waals surface area (Å²) in [5.74, 6) is -0.729. The molecule has 3 aromatic rings. The van der Waals surface area contributed by atoms with Gasteiger partial charge in [-0.15, -0.1) is 0 Å². The van der Waals surface area contributed by atoms with Crippen LogP contribution >= 0.6 is 0 Å². The van der Waals surface area contributed by atoms with Crippen LogP contribution in [-0.2, 0) is 10.0 Å². The number of fused-ring (bicyclic) bond motifs is 1. The lowest BCUT2D eigenvalue weighted by atomic mass is 10.1. The number of pyridine rings is 1. The molecule has 10 heteroatoms. The second-order valence-corrected chi connectivity index (χ2v) is 6.85. The van der Waals surface area contributed by atoms with Gasteiger partial charge in [-0.3, -0.25) is 0 Å². The van der Waals surface area contributed by atoms with Gasteiger partial charge in [0.2, 0.25) is 0 Å². The predicted molar refractivity (Wildman–Crippen MR) is 80.7 cm³/mol. The number of hydrogen-bond acceptors (Lipinski definition) is 3. The van der Waals surface area contributed by atoms with Gasteiger partial charge in [-0.25, -0.2) is 17.8 Å². The Morgan fingerprint density at radius 2 is 1.76 bits per heavy atom. The third-order valence-electron chi connectivity index (χ3n) is 3.42. The first-order chi connectivity index (χ1) is 11.7. The minimum absolute atomic E-state index is 0.271. The normalized spacial score (nSPS) is 13.9. The molecule has 0 fully saturated rings. The molecular formula is C15H11F4N3O2S. The number of imidazole rings is 1. The Hall–Kier alpha value is -2.46. The smallest absolute Gasteiger partial charge is 0.306 e. The van der Waals surface area contributed by atoms with Crippen LogP contribution in [0.25, 0.3) is 5.65 Å². The number of sulfonamides is 1. The molecule has 3 rings (SSSR count). The lowest BCUT2D eigenvalue weighted by Gasteiger charge is -2.21. The van der Waals surface area contributed by atoms with Crippen molar-refractivity contribution in [3.8, 4) is 0 Å². The first kappa shape index (κ1) is 17.4. The minimum atomic E-state index is -4.91. The summed E-state index contributed by atoms with van der Waals surface area (Å²) in [5.41, 5.74) is -0.158. The number of hydrogen-bond donors (Lipinski definition) is 1. The summed E-state index contributed by atoms with van der Waals surface area (Å²) in [6.45, 7) is 0. The van der Waals surface area contributed by atoms with E-state index in [-0.39, 0.29) is 5.65 Å². The first-order valence-corrected chi connectivity index (χ1v) is 8.43. The van der Waals surface area contributed by atoms with Crippen molar-refractivity contribution >= 4 is 15.7 Å². The average molecular weight is 373 g/mol. The number of rotatable bonds is 4. The van der Waals surface area contributed by atoms with Gasteiger partial charge < -0.3 is 4.40 Å². The molecule has 1 aromatic carbocycles. The fourth-order valence-electron chi connectivity index (χ4n) is 2.24. The van der Waals surface area contributed by atoms with E-state index < -0.39 is 38.6 Å². The van der Waals surface area contributed by atoms with Gasteiger partial charge >= 0.3 is 6.18 Å². The summed E-state index contributed by atoms with van der Waals surface area (Å²) < 4.78 is 80.5. The molecule has 2 heterocycles. The summed E-state index contributed by atoms with van der Waals surface area (Å²) >= 11 is 0. The van der Waals surface area contributed by atoms with Crippen LogP contribution in [0, 0.1) is 5.82 Å². The molecule has 0 radical (unpaired) electrons. The quantitative estimate of drug-likeness (QED) is 0.715. The molecule has 0 amide bonds. The molecule has 1 N–H and O–H groups in total. The average Bonchev–Trinajstić information content (AvgIpc) is 2.98. The zero-order valence-electron chi connectivity index (χ0n) is 12.4. The van der Waals surface area contributed by atoms with E-state index in [9.17, 15) is 26.0 Å². The maximum atomic E-state index is 13.3. The van der Waals surface area contributed by atoms with Crippen molar-refractivity contribution in [2.24, 2.45) is 0 Å². The van der Waals surface area contributed by atoms with Gasteiger partial charge in [-0.05, 0) is 29.8 Å². The molecule has 2 aromatic heterocycles. The third kappa shape index (κ3) is 3.64. The highest BCUT2D eigenvalue weighted by atomic mass is 32.2. The van der Waals surface area contributed by atoms with Gasteiger partial charge in [0, 0.05) is 12.4 Å². The second kappa shape index (κ2) is 6.12. The molecule has 132 valence electrons. The zero-order chi connectivity index (χ0) is 18.2. The van der Waals surface area contributed by atoms with E-state index in [1.807, 2.05) is 0 Å². The monoisotopic (exact) mass is 373 g/mol. The Morgan fingerprint density at radius 1 is 1.08 bits per heavy atom.